The van der Waals surface area contributed by atoms with E-state index in [1.807, 2.05) is 37.2 Å². The lowest BCUT2D eigenvalue weighted by atomic mass is 10.1. The van der Waals surface area contributed by atoms with Crippen molar-refractivity contribution in [1.82, 2.24) is 20.1 Å². The third kappa shape index (κ3) is 2.96. The first-order valence-corrected chi connectivity index (χ1v) is 6.33. The molecule has 4 heteroatoms. The van der Waals surface area contributed by atoms with Gasteiger partial charge in [0, 0.05) is 31.6 Å². The maximum absolute atomic E-state index is 4.50. The topological polar surface area (TPSA) is 42.7 Å². The molecule has 1 N–H and O–H groups in total. The number of aryl methyl sites for hydroxylation is 2. The summed E-state index contributed by atoms with van der Waals surface area (Å²) in [5.74, 6) is 0. The van der Waals surface area contributed by atoms with E-state index in [1.165, 1.54) is 5.56 Å². The van der Waals surface area contributed by atoms with Crippen molar-refractivity contribution in [2.75, 3.05) is 7.05 Å². The summed E-state index contributed by atoms with van der Waals surface area (Å²) >= 11 is 0. The number of aromatic nitrogens is 3. The summed E-state index contributed by atoms with van der Waals surface area (Å²) in [6.07, 6.45) is 5.81. The number of nitrogens with zero attached hydrogens (tertiary/aromatic N) is 3. The van der Waals surface area contributed by atoms with Crippen molar-refractivity contribution in [2.24, 2.45) is 7.05 Å². The fraction of sp³-hybridized carbons (Fsp3) is 0.429. The lowest BCUT2D eigenvalue weighted by Crippen LogP contribution is -2.20. The highest BCUT2D eigenvalue weighted by molar-refractivity contribution is 5.17. The van der Waals surface area contributed by atoms with E-state index in [9.17, 15) is 0 Å². The van der Waals surface area contributed by atoms with Gasteiger partial charge in [0.05, 0.1) is 11.7 Å². The number of hydrogen-bond acceptors (Lipinski definition) is 3. The van der Waals surface area contributed by atoms with E-state index in [-0.39, 0.29) is 6.04 Å². The Morgan fingerprint density at radius 2 is 2.17 bits per heavy atom. The SMILES string of the molecule is CCc1ccc(CC(NC)c2ccn(C)n2)nc1. The molecule has 0 radical (unpaired) electrons. The van der Waals surface area contributed by atoms with Crippen LogP contribution in [0.2, 0.25) is 0 Å². The second-order valence-corrected chi connectivity index (χ2v) is 4.47. The van der Waals surface area contributed by atoms with Crippen LogP contribution in [0.15, 0.2) is 30.6 Å². The Morgan fingerprint density at radius 1 is 1.33 bits per heavy atom. The minimum Gasteiger partial charge on any atom is -0.311 e. The molecule has 0 fully saturated rings. The first kappa shape index (κ1) is 12.8. The minimum absolute atomic E-state index is 0.214. The maximum atomic E-state index is 4.50. The normalized spacial score (nSPS) is 12.6. The Balaban J connectivity index is 2.10. The lowest BCUT2D eigenvalue weighted by molar-refractivity contribution is 0.556. The zero-order chi connectivity index (χ0) is 13.0. The Labute approximate surface area is 108 Å². The molecule has 0 amide bonds. The Bertz CT molecular complexity index is 487. The van der Waals surface area contributed by atoms with Crippen molar-refractivity contribution in [2.45, 2.75) is 25.8 Å². The average Bonchev–Trinajstić information content (AvgIpc) is 2.83. The molecule has 0 aliphatic heterocycles. The van der Waals surface area contributed by atoms with Gasteiger partial charge in [0.15, 0.2) is 0 Å². The predicted octanol–water partition coefficient (Wildman–Crippen LogP) is 1.88. The molecule has 2 rings (SSSR count). The van der Waals surface area contributed by atoms with Gasteiger partial charge in [-0.1, -0.05) is 13.0 Å². The van der Waals surface area contributed by atoms with Crippen molar-refractivity contribution >= 4 is 0 Å². The third-order valence-corrected chi connectivity index (χ3v) is 3.15. The first-order chi connectivity index (χ1) is 8.72. The minimum atomic E-state index is 0.214. The quantitative estimate of drug-likeness (QED) is 0.873. The van der Waals surface area contributed by atoms with E-state index < -0.39 is 0 Å². The van der Waals surface area contributed by atoms with Crippen molar-refractivity contribution in [3.8, 4) is 0 Å². The molecule has 1 atom stereocenters. The van der Waals surface area contributed by atoms with E-state index in [0.717, 1.165) is 24.2 Å². The third-order valence-electron chi connectivity index (χ3n) is 3.15. The van der Waals surface area contributed by atoms with Crippen LogP contribution in [0, 0.1) is 0 Å². The molecule has 2 aromatic heterocycles. The highest BCUT2D eigenvalue weighted by Crippen LogP contribution is 2.15. The molecule has 0 saturated heterocycles. The molecule has 0 saturated carbocycles. The lowest BCUT2D eigenvalue weighted by Gasteiger charge is -2.13. The fourth-order valence-corrected chi connectivity index (χ4v) is 1.97. The van der Waals surface area contributed by atoms with Crippen LogP contribution in [0.25, 0.3) is 0 Å². The summed E-state index contributed by atoms with van der Waals surface area (Å²) in [6, 6.07) is 6.51. The molecule has 2 heterocycles. The number of likely N-dealkylation sites (N-methyl/N-ethyl adjacent to an activating group) is 1. The molecule has 4 nitrogen and oxygen atoms in total. The van der Waals surface area contributed by atoms with Gasteiger partial charge >= 0.3 is 0 Å². The number of nitrogens with one attached hydrogen (secondary N) is 1. The zero-order valence-corrected chi connectivity index (χ0v) is 11.2. The van der Waals surface area contributed by atoms with Crippen molar-refractivity contribution in [1.29, 1.82) is 0 Å². The molecule has 0 bridgehead atoms. The largest absolute Gasteiger partial charge is 0.311 e. The maximum Gasteiger partial charge on any atom is 0.0797 e. The number of hydrogen-bond donors (Lipinski definition) is 1. The standard InChI is InChI=1S/C14H20N4/c1-4-11-5-6-12(16-10-11)9-14(15-2)13-7-8-18(3)17-13/h5-8,10,14-15H,4,9H2,1-3H3. The van der Waals surface area contributed by atoms with Gasteiger partial charge in [-0.2, -0.15) is 5.10 Å². The number of pyridine rings is 1. The summed E-state index contributed by atoms with van der Waals surface area (Å²) in [5, 5.41) is 7.73. The molecule has 0 aromatic carbocycles. The molecule has 96 valence electrons. The summed E-state index contributed by atoms with van der Waals surface area (Å²) in [6.45, 7) is 2.14. The van der Waals surface area contributed by atoms with Gasteiger partial charge in [0.1, 0.15) is 0 Å². The highest BCUT2D eigenvalue weighted by atomic mass is 15.3. The Morgan fingerprint density at radius 3 is 2.67 bits per heavy atom. The van der Waals surface area contributed by atoms with Crippen LogP contribution >= 0.6 is 0 Å². The van der Waals surface area contributed by atoms with Crippen molar-refractivity contribution in [3.63, 3.8) is 0 Å². The monoisotopic (exact) mass is 244 g/mol. The van der Waals surface area contributed by atoms with E-state index in [0.29, 0.717) is 0 Å². The van der Waals surface area contributed by atoms with Crippen LogP contribution in [0.1, 0.15) is 29.9 Å². The second kappa shape index (κ2) is 5.78. The molecule has 2 aromatic rings. The van der Waals surface area contributed by atoms with Crippen LogP contribution < -0.4 is 5.32 Å². The summed E-state index contributed by atoms with van der Waals surface area (Å²) < 4.78 is 1.83. The Hall–Kier alpha value is -1.68. The second-order valence-electron chi connectivity index (χ2n) is 4.47. The molecule has 0 spiro atoms. The van der Waals surface area contributed by atoms with Gasteiger partial charge in [-0.25, -0.2) is 0 Å². The smallest absolute Gasteiger partial charge is 0.0797 e. The zero-order valence-electron chi connectivity index (χ0n) is 11.2. The fourth-order valence-electron chi connectivity index (χ4n) is 1.97. The summed E-state index contributed by atoms with van der Waals surface area (Å²) in [5.41, 5.74) is 3.43. The molecular formula is C14H20N4. The summed E-state index contributed by atoms with van der Waals surface area (Å²) in [4.78, 5) is 4.50. The molecule has 0 aliphatic rings. The van der Waals surface area contributed by atoms with Crippen LogP contribution in [-0.2, 0) is 19.9 Å². The van der Waals surface area contributed by atoms with Crippen LogP contribution in [0.4, 0.5) is 0 Å². The van der Waals surface area contributed by atoms with Gasteiger partial charge in [-0.3, -0.25) is 9.67 Å². The van der Waals surface area contributed by atoms with E-state index in [2.05, 4.69) is 34.5 Å². The predicted molar refractivity (Wildman–Crippen MR) is 72.3 cm³/mol. The molecular weight excluding hydrogens is 224 g/mol. The van der Waals surface area contributed by atoms with Gasteiger partial charge in [0.25, 0.3) is 0 Å². The van der Waals surface area contributed by atoms with Crippen LogP contribution in [-0.4, -0.2) is 21.8 Å². The van der Waals surface area contributed by atoms with Crippen molar-refractivity contribution < 1.29 is 0 Å². The summed E-state index contributed by atoms with van der Waals surface area (Å²) in [7, 11) is 3.89. The van der Waals surface area contributed by atoms with Gasteiger partial charge < -0.3 is 5.32 Å². The Kier molecular flexibility index (Phi) is 4.10. The van der Waals surface area contributed by atoms with E-state index in [1.54, 1.807) is 0 Å². The van der Waals surface area contributed by atoms with E-state index in [4.69, 9.17) is 0 Å². The van der Waals surface area contributed by atoms with Crippen LogP contribution in [0.5, 0.6) is 0 Å². The molecule has 1 unspecified atom stereocenters. The molecule has 18 heavy (non-hydrogen) atoms. The van der Waals surface area contributed by atoms with Gasteiger partial charge in [-0.05, 0) is 31.2 Å². The average molecular weight is 244 g/mol. The molecule has 0 aliphatic carbocycles. The van der Waals surface area contributed by atoms with Gasteiger partial charge in [-0.15, -0.1) is 0 Å². The van der Waals surface area contributed by atoms with Crippen molar-refractivity contribution in [3.05, 3.63) is 47.5 Å². The highest BCUT2D eigenvalue weighted by Gasteiger charge is 2.13. The number of rotatable bonds is 5. The van der Waals surface area contributed by atoms with E-state index >= 15 is 0 Å². The van der Waals surface area contributed by atoms with Crippen LogP contribution in [0.3, 0.4) is 0 Å². The van der Waals surface area contributed by atoms with Gasteiger partial charge in [0.2, 0.25) is 0 Å². The first-order valence-electron chi connectivity index (χ1n) is 6.33.